The average Bonchev–Trinajstić information content (AvgIpc) is 2.59. The van der Waals surface area contributed by atoms with E-state index in [1.807, 2.05) is 19.1 Å². The van der Waals surface area contributed by atoms with Crippen molar-refractivity contribution in [1.82, 2.24) is 15.8 Å². The van der Waals surface area contributed by atoms with Gasteiger partial charge in [-0.2, -0.15) is 10.2 Å². The molecule has 0 saturated carbocycles. The fourth-order valence-electron chi connectivity index (χ4n) is 1.54. The second-order valence-electron chi connectivity index (χ2n) is 4.39. The molecule has 7 nitrogen and oxygen atoms in total. The standard InChI is InChI=1S/C14H21N7S2.Cu/c1-10(18-20-13(22)15-2)12(19-21-14(23)16-3)5-4-11-6-8-17-9-7-11;/h6-9H,4-5H2,1-3H3,(H2,15,20,22)(H2,16,21,23);/q;+2/p-2/b18-10+,19-12+;. The maximum absolute atomic E-state index is 4.98. The third-order valence-electron chi connectivity index (χ3n) is 2.83. The van der Waals surface area contributed by atoms with Crippen LogP contribution in [0.15, 0.2) is 44.7 Å². The van der Waals surface area contributed by atoms with Gasteiger partial charge in [0.05, 0.1) is 11.4 Å². The van der Waals surface area contributed by atoms with Gasteiger partial charge >= 0.3 is 17.1 Å². The summed E-state index contributed by atoms with van der Waals surface area (Å²) >= 11 is 9.92. The van der Waals surface area contributed by atoms with Crippen LogP contribution < -0.4 is 10.9 Å². The molecule has 0 fully saturated rings. The molecule has 0 aliphatic rings. The molecule has 0 saturated heterocycles. The first kappa shape index (κ1) is 22.4. The van der Waals surface area contributed by atoms with E-state index in [2.05, 4.69) is 36.0 Å². The zero-order chi connectivity index (χ0) is 17.1. The summed E-state index contributed by atoms with van der Waals surface area (Å²) in [5.41, 5.74) is 8.02. The summed E-state index contributed by atoms with van der Waals surface area (Å²) in [6.45, 7) is 1.84. The summed E-state index contributed by atoms with van der Waals surface area (Å²) in [4.78, 5) is 11.7. The van der Waals surface area contributed by atoms with Crippen molar-refractivity contribution in [1.29, 1.82) is 0 Å². The van der Waals surface area contributed by atoms with Crippen molar-refractivity contribution >= 4 is 47.0 Å². The van der Waals surface area contributed by atoms with Crippen LogP contribution in [-0.4, -0.2) is 40.8 Å². The van der Waals surface area contributed by atoms with Crippen LogP contribution in [0.2, 0.25) is 0 Å². The molecule has 0 amide bonds. The Hall–Kier alpha value is -1.61. The number of nitrogens with one attached hydrogen (secondary N) is 2. The molecule has 0 atom stereocenters. The summed E-state index contributed by atoms with van der Waals surface area (Å²) in [5, 5.41) is 9.09. The van der Waals surface area contributed by atoms with E-state index >= 15 is 0 Å². The first-order valence-electron chi connectivity index (χ1n) is 6.86. The van der Waals surface area contributed by atoms with Crippen LogP contribution in [0.3, 0.4) is 0 Å². The first-order valence-corrected chi connectivity index (χ1v) is 7.68. The molecule has 1 rings (SSSR count). The van der Waals surface area contributed by atoms with Gasteiger partial charge in [-0.25, -0.2) is 0 Å². The maximum Gasteiger partial charge on any atom is 2.00 e. The van der Waals surface area contributed by atoms with Gasteiger partial charge in [0.25, 0.3) is 0 Å². The van der Waals surface area contributed by atoms with Gasteiger partial charge in [0.2, 0.25) is 0 Å². The van der Waals surface area contributed by atoms with Crippen LogP contribution in [0.4, 0.5) is 0 Å². The van der Waals surface area contributed by atoms with Gasteiger partial charge in [0.1, 0.15) is 0 Å². The number of hydrazone groups is 2. The zero-order valence-electron chi connectivity index (χ0n) is 13.6. The number of rotatable bonds is 6. The Labute approximate surface area is 163 Å². The quantitative estimate of drug-likeness (QED) is 0.239. The van der Waals surface area contributed by atoms with Crippen LogP contribution in [0.5, 0.6) is 0 Å². The predicted molar refractivity (Wildman–Crippen MR) is 101 cm³/mol. The summed E-state index contributed by atoms with van der Waals surface area (Å²) in [5.74, 6) is 0. The largest absolute Gasteiger partial charge is 2.00 e. The van der Waals surface area contributed by atoms with E-state index in [1.54, 1.807) is 26.5 Å². The molecule has 1 aromatic heterocycles. The van der Waals surface area contributed by atoms with Crippen molar-refractivity contribution in [3.8, 4) is 0 Å². The van der Waals surface area contributed by atoms with E-state index < -0.39 is 0 Å². The fraction of sp³-hybridized carbons (Fsp3) is 0.357. The molecule has 0 spiro atoms. The molecule has 0 aliphatic heterocycles. The molecule has 0 bridgehead atoms. The van der Waals surface area contributed by atoms with Crippen LogP contribution in [0.1, 0.15) is 18.9 Å². The molecular formula is C14H19CuN7S2. The van der Waals surface area contributed by atoms with Crippen molar-refractivity contribution in [2.75, 3.05) is 14.1 Å². The summed E-state index contributed by atoms with van der Waals surface area (Å²) < 4.78 is 0. The number of hydrogen-bond acceptors (Lipinski definition) is 7. The number of aryl methyl sites for hydroxylation is 1. The molecule has 1 heterocycles. The van der Waals surface area contributed by atoms with Gasteiger partial charge in [-0.1, -0.05) is 0 Å². The minimum Gasteiger partial charge on any atom is -0.741 e. The third kappa shape index (κ3) is 8.87. The Morgan fingerprint density at radius 2 is 1.58 bits per heavy atom. The molecule has 0 unspecified atom stereocenters. The number of aliphatic imine (C=N–C) groups is 2. The maximum atomic E-state index is 4.98. The molecule has 133 valence electrons. The molecule has 2 N–H and O–H groups in total. The topological polar surface area (TPSA) is 86.4 Å². The Balaban J connectivity index is 0.00000529. The third-order valence-corrected chi connectivity index (χ3v) is 3.38. The average molecular weight is 413 g/mol. The SMILES string of the molecule is CN=C([S-])N/N=C(C)/C(CCc1ccncc1)=N/NC([S-])=NC.[Cu+2]. The second-order valence-corrected chi connectivity index (χ2v) is 5.17. The Morgan fingerprint density at radius 1 is 1.04 bits per heavy atom. The van der Waals surface area contributed by atoms with Crippen LogP contribution in [0.25, 0.3) is 0 Å². The van der Waals surface area contributed by atoms with Crippen molar-refractivity contribution in [3.63, 3.8) is 0 Å². The van der Waals surface area contributed by atoms with Crippen molar-refractivity contribution in [3.05, 3.63) is 30.1 Å². The Morgan fingerprint density at radius 3 is 2.12 bits per heavy atom. The molecule has 24 heavy (non-hydrogen) atoms. The van der Waals surface area contributed by atoms with E-state index in [4.69, 9.17) is 25.3 Å². The van der Waals surface area contributed by atoms with E-state index in [-0.39, 0.29) is 17.1 Å². The van der Waals surface area contributed by atoms with E-state index in [1.165, 1.54) is 0 Å². The van der Waals surface area contributed by atoms with E-state index in [9.17, 15) is 0 Å². The Bertz CT molecular complexity index is 615. The van der Waals surface area contributed by atoms with Crippen LogP contribution in [-0.2, 0) is 48.7 Å². The molecule has 1 aromatic rings. The zero-order valence-corrected chi connectivity index (χ0v) is 16.2. The first-order chi connectivity index (χ1) is 11.1. The monoisotopic (exact) mass is 412 g/mol. The minimum absolute atomic E-state index is 0. The van der Waals surface area contributed by atoms with Gasteiger partial charge in [-0.3, -0.25) is 25.8 Å². The predicted octanol–water partition coefficient (Wildman–Crippen LogP) is 0.988. The van der Waals surface area contributed by atoms with E-state index in [0.717, 1.165) is 17.7 Å². The molecule has 10 heteroatoms. The van der Waals surface area contributed by atoms with Crippen molar-refractivity contribution in [2.45, 2.75) is 19.8 Å². The number of amidine groups is 2. The van der Waals surface area contributed by atoms with Crippen molar-refractivity contribution in [2.24, 2.45) is 20.2 Å². The normalized spacial score (nSPS) is 13.3. The minimum atomic E-state index is 0. The summed E-state index contributed by atoms with van der Waals surface area (Å²) in [7, 11) is 3.20. The van der Waals surface area contributed by atoms with Gasteiger partial charge < -0.3 is 25.3 Å². The fourth-order valence-corrected chi connectivity index (χ4v) is 1.63. The molecule has 0 aliphatic carbocycles. The molecule has 1 radical (unpaired) electrons. The summed E-state index contributed by atoms with van der Waals surface area (Å²) in [6.07, 6.45) is 5.00. The van der Waals surface area contributed by atoms with Crippen LogP contribution in [0, 0.1) is 0 Å². The molecular weight excluding hydrogens is 394 g/mol. The van der Waals surface area contributed by atoms with Crippen molar-refractivity contribution < 1.29 is 17.1 Å². The van der Waals surface area contributed by atoms with Crippen LogP contribution >= 0.6 is 0 Å². The summed E-state index contributed by atoms with van der Waals surface area (Å²) in [6, 6.07) is 3.93. The smallest absolute Gasteiger partial charge is 0.741 e. The number of aromatic nitrogens is 1. The second kappa shape index (κ2) is 12.8. The number of pyridine rings is 1. The van der Waals surface area contributed by atoms with Gasteiger partial charge in [0, 0.05) is 26.5 Å². The number of hydrogen-bond donors (Lipinski definition) is 2. The number of nitrogens with zero attached hydrogens (tertiary/aromatic N) is 5. The van der Waals surface area contributed by atoms with Gasteiger partial charge in [0.15, 0.2) is 0 Å². The van der Waals surface area contributed by atoms with Gasteiger partial charge in [-0.15, -0.1) is 0 Å². The van der Waals surface area contributed by atoms with Gasteiger partial charge in [-0.05, 0) is 47.8 Å². The van der Waals surface area contributed by atoms with E-state index in [0.29, 0.717) is 22.5 Å². The Kier molecular flexibility index (Phi) is 11.9. The molecule has 0 aromatic carbocycles.